The predicted molar refractivity (Wildman–Crippen MR) is 104 cm³/mol. The zero-order valence-corrected chi connectivity index (χ0v) is 17.7. The second-order valence-corrected chi connectivity index (χ2v) is 8.13. The second-order valence-electron chi connectivity index (χ2n) is 8.13. The number of unbranched alkanes of at least 4 members (excludes halogenated alkanes) is 5. The van der Waals surface area contributed by atoms with Gasteiger partial charge in [-0.25, -0.2) is 0 Å². The van der Waals surface area contributed by atoms with Crippen LogP contribution in [0.2, 0.25) is 0 Å². The van der Waals surface area contributed by atoms with E-state index in [1.807, 2.05) is 0 Å². The predicted octanol–water partition coefficient (Wildman–Crippen LogP) is -0.985. The molecule has 0 aromatic carbocycles. The molecule has 30 heavy (non-hydrogen) atoms. The van der Waals surface area contributed by atoms with Crippen LogP contribution in [-0.2, 0) is 18.9 Å². The molecule has 2 saturated heterocycles. The smallest absolute Gasteiger partial charge is 0.187 e. The van der Waals surface area contributed by atoms with Gasteiger partial charge in [0.2, 0.25) is 0 Å². The van der Waals surface area contributed by atoms with E-state index in [-0.39, 0.29) is 0 Å². The minimum absolute atomic E-state index is 0.333. The lowest BCUT2D eigenvalue weighted by molar-refractivity contribution is -0.357. The van der Waals surface area contributed by atoms with Crippen molar-refractivity contribution in [3.63, 3.8) is 0 Å². The summed E-state index contributed by atoms with van der Waals surface area (Å²) < 4.78 is 22.0. The van der Waals surface area contributed by atoms with Crippen molar-refractivity contribution in [3.8, 4) is 0 Å². The monoisotopic (exact) mass is 438 g/mol. The van der Waals surface area contributed by atoms with Crippen molar-refractivity contribution in [2.75, 3.05) is 13.2 Å². The van der Waals surface area contributed by atoms with Crippen molar-refractivity contribution in [1.82, 2.24) is 0 Å². The molecule has 2 rings (SSSR count). The zero-order valence-electron chi connectivity index (χ0n) is 17.7. The molecule has 0 aromatic heterocycles. The number of aliphatic hydroxyl groups is 6. The highest BCUT2D eigenvalue weighted by molar-refractivity contribution is 4.93. The van der Waals surface area contributed by atoms with Crippen LogP contribution in [-0.4, -0.2) is 105 Å². The molecule has 178 valence electrons. The van der Waals surface area contributed by atoms with Crippen LogP contribution < -0.4 is 0 Å². The van der Waals surface area contributed by atoms with E-state index in [1.54, 1.807) is 0 Å². The van der Waals surface area contributed by atoms with Crippen LogP contribution in [0, 0.1) is 0 Å². The van der Waals surface area contributed by atoms with Gasteiger partial charge >= 0.3 is 0 Å². The van der Waals surface area contributed by atoms with Crippen molar-refractivity contribution in [3.05, 3.63) is 0 Å². The highest BCUT2D eigenvalue weighted by Gasteiger charge is 2.50. The Bertz CT molecular complexity index is 481. The molecular weight excluding hydrogens is 400 g/mol. The van der Waals surface area contributed by atoms with E-state index in [2.05, 4.69) is 6.92 Å². The van der Waals surface area contributed by atoms with Gasteiger partial charge in [0, 0.05) is 6.61 Å². The first-order valence-electron chi connectivity index (χ1n) is 10.9. The van der Waals surface area contributed by atoms with E-state index in [0.29, 0.717) is 6.61 Å². The Morgan fingerprint density at radius 2 is 1.40 bits per heavy atom. The van der Waals surface area contributed by atoms with Crippen LogP contribution in [0.4, 0.5) is 0 Å². The highest BCUT2D eigenvalue weighted by Crippen LogP contribution is 2.29. The molecule has 0 aliphatic carbocycles. The minimum Gasteiger partial charge on any atom is -0.394 e. The topological polar surface area (TPSA) is 158 Å². The third kappa shape index (κ3) is 6.55. The fourth-order valence-electron chi connectivity index (χ4n) is 3.71. The van der Waals surface area contributed by atoms with Crippen molar-refractivity contribution in [2.24, 2.45) is 0 Å². The Kier molecular flexibility index (Phi) is 10.9. The molecule has 0 spiro atoms. The Balaban J connectivity index is 1.93. The van der Waals surface area contributed by atoms with E-state index in [4.69, 9.17) is 18.9 Å². The maximum Gasteiger partial charge on any atom is 0.187 e. The van der Waals surface area contributed by atoms with Gasteiger partial charge in [-0.15, -0.1) is 0 Å². The lowest BCUT2D eigenvalue weighted by Crippen LogP contribution is -2.64. The molecule has 0 unspecified atom stereocenters. The van der Waals surface area contributed by atoms with Gasteiger partial charge in [0.1, 0.15) is 42.7 Å². The minimum atomic E-state index is -1.59. The summed E-state index contributed by atoms with van der Waals surface area (Å²) in [6, 6.07) is 0. The lowest BCUT2D eigenvalue weighted by Gasteiger charge is -2.45. The number of aliphatic hydroxyl groups excluding tert-OH is 6. The summed E-state index contributed by atoms with van der Waals surface area (Å²) >= 11 is 0. The zero-order chi connectivity index (χ0) is 22.3. The fraction of sp³-hybridized carbons (Fsp3) is 1.00. The van der Waals surface area contributed by atoms with Gasteiger partial charge in [0.15, 0.2) is 12.6 Å². The number of hydrogen-bond donors (Lipinski definition) is 6. The largest absolute Gasteiger partial charge is 0.394 e. The molecular formula is C20H38O10. The van der Waals surface area contributed by atoms with Gasteiger partial charge in [0.05, 0.1) is 12.7 Å². The molecule has 2 aliphatic rings. The highest BCUT2D eigenvalue weighted by atomic mass is 16.7. The van der Waals surface area contributed by atoms with Gasteiger partial charge in [0.25, 0.3) is 0 Å². The third-order valence-electron chi connectivity index (χ3n) is 5.70. The number of hydrogen-bond acceptors (Lipinski definition) is 10. The summed E-state index contributed by atoms with van der Waals surface area (Å²) in [5.41, 5.74) is 0. The summed E-state index contributed by atoms with van der Waals surface area (Å²) in [4.78, 5) is 0. The van der Waals surface area contributed by atoms with Crippen LogP contribution in [0.1, 0.15) is 52.4 Å². The molecule has 2 heterocycles. The lowest BCUT2D eigenvalue weighted by atomic mass is 9.97. The SMILES string of the molecule is CCCCCCCCO[C@H]1O[C@H](CO)[C@H](O)[C@H](O[C@H]2O[C@@H](C)[C@@H](O)[C@@H](O)[C@@H]2O)[C@H]1O. The molecule has 0 amide bonds. The van der Waals surface area contributed by atoms with Crippen LogP contribution in [0.25, 0.3) is 0 Å². The van der Waals surface area contributed by atoms with E-state index in [1.165, 1.54) is 19.8 Å². The normalized spacial score (nSPS) is 42.4. The average Bonchev–Trinajstić information content (AvgIpc) is 2.73. The quantitative estimate of drug-likeness (QED) is 0.221. The molecule has 6 N–H and O–H groups in total. The number of rotatable bonds is 11. The van der Waals surface area contributed by atoms with Crippen molar-refractivity contribution < 1.29 is 49.6 Å². The molecule has 0 saturated carbocycles. The van der Waals surface area contributed by atoms with Crippen LogP contribution in [0.15, 0.2) is 0 Å². The third-order valence-corrected chi connectivity index (χ3v) is 5.70. The Labute approximate surface area is 177 Å². The molecule has 0 aromatic rings. The standard InChI is InChI=1S/C20H38O10/c1-3-4-5-6-7-8-9-27-19-17(26)18(14(23)12(10-21)29-19)30-20-16(25)15(24)13(22)11(2)28-20/h11-26H,3-10H2,1-2H3/t11-,12+,13+,14-,15+,16-,17+,18-,19-,20+/m0/s1. The Morgan fingerprint density at radius 1 is 0.733 bits per heavy atom. The molecule has 10 atom stereocenters. The first-order valence-corrected chi connectivity index (χ1v) is 10.9. The molecule has 10 nitrogen and oxygen atoms in total. The van der Waals surface area contributed by atoms with Crippen molar-refractivity contribution >= 4 is 0 Å². The summed E-state index contributed by atoms with van der Waals surface area (Å²) in [6.07, 6.45) is -6.62. The van der Waals surface area contributed by atoms with Gasteiger partial charge in [-0.2, -0.15) is 0 Å². The van der Waals surface area contributed by atoms with Crippen LogP contribution in [0.3, 0.4) is 0 Å². The van der Waals surface area contributed by atoms with Gasteiger partial charge in [-0.3, -0.25) is 0 Å². The number of ether oxygens (including phenoxy) is 4. The van der Waals surface area contributed by atoms with Crippen LogP contribution >= 0.6 is 0 Å². The van der Waals surface area contributed by atoms with Crippen molar-refractivity contribution in [1.29, 1.82) is 0 Å². The summed E-state index contributed by atoms with van der Waals surface area (Å²) in [5, 5.41) is 60.5. The Hall–Kier alpha value is -0.400. The summed E-state index contributed by atoms with van der Waals surface area (Å²) in [5.74, 6) is 0. The van der Waals surface area contributed by atoms with Gasteiger partial charge in [-0.1, -0.05) is 39.0 Å². The van der Waals surface area contributed by atoms with E-state index in [9.17, 15) is 30.6 Å². The van der Waals surface area contributed by atoms with Gasteiger partial charge < -0.3 is 49.6 Å². The summed E-state index contributed by atoms with van der Waals surface area (Å²) in [6.45, 7) is 3.45. The first-order chi connectivity index (χ1) is 14.3. The van der Waals surface area contributed by atoms with Crippen molar-refractivity contribution in [2.45, 2.75) is 114 Å². The maximum atomic E-state index is 10.6. The average molecular weight is 439 g/mol. The van der Waals surface area contributed by atoms with E-state index < -0.39 is 68.0 Å². The fourth-order valence-corrected chi connectivity index (χ4v) is 3.71. The molecule has 0 bridgehead atoms. The molecule has 2 aliphatic heterocycles. The molecule has 10 heteroatoms. The molecule has 2 fully saturated rings. The second kappa shape index (κ2) is 12.6. The first kappa shape index (κ1) is 25.9. The van der Waals surface area contributed by atoms with Gasteiger partial charge in [-0.05, 0) is 13.3 Å². The Morgan fingerprint density at radius 3 is 2.07 bits per heavy atom. The maximum absolute atomic E-state index is 10.6. The summed E-state index contributed by atoms with van der Waals surface area (Å²) in [7, 11) is 0. The molecule has 0 radical (unpaired) electrons. The van der Waals surface area contributed by atoms with E-state index in [0.717, 1.165) is 25.7 Å². The van der Waals surface area contributed by atoms with E-state index >= 15 is 0 Å². The van der Waals surface area contributed by atoms with Crippen LogP contribution in [0.5, 0.6) is 0 Å².